The molecule has 15 heavy (non-hydrogen) atoms. The molecule has 0 amide bonds. The minimum atomic E-state index is 0.148. The van der Waals surface area contributed by atoms with Crippen LogP contribution in [0.5, 0.6) is 5.75 Å². The minimum absolute atomic E-state index is 0.148. The van der Waals surface area contributed by atoms with Gasteiger partial charge < -0.3 is 14.9 Å². The molecule has 0 spiro atoms. The maximum absolute atomic E-state index is 5.41. The van der Waals surface area contributed by atoms with Gasteiger partial charge in [-0.2, -0.15) is 0 Å². The van der Waals surface area contributed by atoms with Crippen LogP contribution < -0.4 is 10.5 Å². The van der Waals surface area contributed by atoms with Crippen LogP contribution in [0.15, 0.2) is 33.3 Å². The summed E-state index contributed by atoms with van der Waals surface area (Å²) in [5.41, 5.74) is 6.23. The molecule has 0 saturated heterocycles. The lowest BCUT2D eigenvalue weighted by atomic mass is 10.1. The lowest BCUT2D eigenvalue weighted by Crippen LogP contribution is -1.86. The Labute approximate surface area is 95.2 Å². The Morgan fingerprint density at radius 2 is 2.27 bits per heavy atom. The Morgan fingerprint density at radius 3 is 2.87 bits per heavy atom. The first kappa shape index (κ1) is 10.0. The predicted octanol–water partition coefficient (Wildman–Crippen LogP) is 2.69. The smallest absolute Gasteiger partial charge is 0.292 e. The van der Waals surface area contributed by atoms with Crippen LogP contribution in [0.25, 0.3) is 11.3 Å². The fraction of sp³-hybridized carbons (Fsp3) is 0.100. The molecule has 1 aromatic heterocycles. The monoisotopic (exact) mass is 268 g/mol. The lowest BCUT2D eigenvalue weighted by molar-refractivity contribution is 0.414. The Hall–Kier alpha value is -1.49. The molecule has 0 fully saturated rings. The van der Waals surface area contributed by atoms with Crippen molar-refractivity contribution in [3.8, 4) is 17.1 Å². The third kappa shape index (κ3) is 1.97. The average Bonchev–Trinajstić information content (AvgIpc) is 2.64. The summed E-state index contributed by atoms with van der Waals surface area (Å²) in [5, 5.41) is 0. The molecule has 0 aliphatic carbocycles. The second kappa shape index (κ2) is 3.94. The maximum atomic E-state index is 5.41. The van der Waals surface area contributed by atoms with Gasteiger partial charge in [0.1, 0.15) is 5.75 Å². The molecule has 1 aromatic carbocycles. The molecule has 78 valence electrons. The first-order chi connectivity index (χ1) is 7.20. The fourth-order valence-electron chi connectivity index (χ4n) is 1.28. The molecule has 0 atom stereocenters. The summed E-state index contributed by atoms with van der Waals surface area (Å²) in [7, 11) is 1.60. The second-order valence-corrected chi connectivity index (χ2v) is 3.82. The molecule has 2 N–H and O–H groups in total. The van der Waals surface area contributed by atoms with Gasteiger partial charge in [0, 0.05) is 4.47 Å². The first-order valence-electron chi connectivity index (χ1n) is 4.26. The number of benzene rings is 1. The molecule has 5 heteroatoms. The van der Waals surface area contributed by atoms with E-state index in [1.807, 2.05) is 18.2 Å². The zero-order valence-corrected chi connectivity index (χ0v) is 9.61. The van der Waals surface area contributed by atoms with Gasteiger partial charge in [0.15, 0.2) is 5.76 Å². The summed E-state index contributed by atoms with van der Waals surface area (Å²) in [4.78, 5) is 3.83. The standard InChI is InChI=1S/C10H9BrN2O2/c1-14-8-4-6(11)2-3-7(8)9-5-13-10(12)15-9/h2-5H,1H3,(H2,12,13). The highest BCUT2D eigenvalue weighted by atomic mass is 79.9. The number of nitrogens with two attached hydrogens (primary N) is 1. The van der Waals surface area contributed by atoms with Crippen LogP contribution in [0.1, 0.15) is 0 Å². The predicted molar refractivity (Wildman–Crippen MR) is 60.6 cm³/mol. The Kier molecular flexibility index (Phi) is 2.64. The van der Waals surface area contributed by atoms with Crippen molar-refractivity contribution in [1.82, 2.24) is 4.98 Å². The molecular weight excluding hydrogens is 260 g/mol. The lowest BCUT2D eigenvalue weighted by Gasteiger charge is -2.05. The third-order valence-corrected chi connectivity index (χ3v) is 2.45. The highest BCUT2D eigenvalue weighted by molar-refractivity contribution is 9.10. The molecule has 0 bridgehead atoms. The van der Waals surface area contributed by atoms with Gasteiger partial charge in [0.2, 0.25) is 0 Å². The Morgan fingerprint density at radius 1 is 1.47 bits per heavy atom. The number of nitrogens with zero attached hydrogens (tertiary/aromatic N) is 1. The third-order valence-electron chi connectivity index (χ3n) is 1.95. The van der Waals surface area contributed by atoms with E-state index >= 15 is 0 Å². The summed E-state index contributed by atoms with van der Waals surface area (Å²) in [6.07, 6.45) is 1.57. The Balaban J connectivity index is 2.52. The molecule has 2 aromatic rings. The summed E-state index contributed by atoms with van der Waals surface area (Å²) in [6, 6.07) is 5.78. The van der Waals surface area contributed by atoms with Gasteiger partial charge in [-0.15, -0.1) is 0 Å². The van der Waals surface area contributed by atoms with E-state index in [-0.39, 0.29) is 6.01 Å². The normalized spacial score (nSPS) is 10.3. The number of rotatable bonds is 2. The van der Waals surface area contributed by atoms with Crippen LogP contribution in [-0.2, 0) is 0 Å². The summed E-state index contributed by atoms with van der Waals surface area (Å²) in [6.45, 7) is 0. The van der Waals surface area contributed by atoms with Crippen LogP contribution in [0.3, 0.4) is 0 Å². The number of ether oxygens (including phenoxy) is 1. The number of nitrogen functional groups attached to an aromatic ring is 1. The van der Waals surface area contributed by atoms with E-state index in [2.05, 4.69) is 20.9 Å². The maximum Gasteiger partial charge on any atom is 0.292 e. The van der Waals surface area contributed by atoms with Crippen LogP contribution in [-0.4, -0.2) is 12.1 Å². The van der Waals surface area contributed by atoms with E-state index in [1.54, 1.807) is 13.3 Å². The van der Waals surface area contributed by atoms with Crippen molar-refractivity contribution in [3.63, 3.8) is 0 Å². The van der Waals surface area contributed by atoms with Crippen LogP contribution in [0.4, 0.5) is 6.01 Å². The number of methoxy groups -OCH3 is 1. The van der Waals surface area contributed by atoms with Gasteiger partial charge >= 0.3 is 0 Å². The van der Waals surface area contributed by atoms with Crippen molar-refractivity contribution in [3.05, 3.63) is 28.9 Å². The molecule has 0 saturated carbocycles. The van der Waals surface area contributed by atoms with Crippen LogP contribution in [0, 0.1) is 0 Å². The van der Waals surface area contributed by atoms with Crippen molar-refractivity contribution < 1.29 is 9.15 Å². The molecule has 0 aliphatic rings. The molecule has 1 heterocycles. The van der Waals surface area contributed by atoms with Gasteiger partial charge in [-0.05, 0) is 18.2 Å². The molecule has 4 nitrogen and oxygen atoms in total. The quantitative estimate of drug-likeness (QED) is 0.910. The van der Waals surface area contributed by atoms with Gasteiger partial charge in [-0.25, -0.2) is 4.98 Å². The molecule has 2 rings (SSSR count). The highest BCUT2D eigenvalue weighted by Gasteiger charge is 2.10. The molecule has 0 unspecified atom stereocenters. The van der Waals surface area contributed by atoms with Crippen molar-refractivity contribution in [1.29, 1.82) is 0 Å². The van der Waals surface area contributed by atoms with E-state index in [0.717, 1.165) is 10.0 Å². The van der Waals surface area contributed by atoms with E-state index in [4.69, 9.17) is 14.9 Å². The second-order valence-electron chi connectivity index (χ2n) is 2.91. The van der Waals surface area contributed by atoms with Crippen molar-refractivity contribution in [2.75, 3.05) is 12.8 Å². The SMILES string of the molecule is COc1cc(Br)ccc1-c1cnc(N)o1. The van der Waals surface area contributed by atoms with Gasteiger partial charge in [0.25, 0.3) is 6.01 Å². The zero-order chi connectivity index (χ0) is 10.8. The summed E-state index contributed by atoms with van der Waals surface area (Å²) < 4.78 is 11.4. The van der Waals surface area contributed by atoms with E-state index in [1.165, 1.54) is 0 Å². The van der Waals surface area contributed by atoms with Crippen LogP contribution >= 0.6 is 15.9 Å². The first-order valence-corrected chi connectivity index (χ1v) is 5.05. The van der Waals surface area contributed by atoms with E-state index in [0.29, 0.717) is 11.5 Å². The van der Waals surface area contributed by atoms with Gasteiger partial charge in [0.05, 0.1) is 18.9 Å². The van der Waals surface area contributed by atoms with E-state index in [9.17, 15) is 0 Å². The van der Waals surface area contributed by atoms with Crippen molar-refractivity contribution in [2.24, 2.45) is 0 Å². The molecular formula is C10H9BrN2O2. The van der Waals surface area contributed by atoms with Gasteiger partial charge in [-0.1, -0.05) is 15.9 Å². The highest BCUT2D eigenvalue weighted by Crippen LogP contribution is 2.33. The van der Waals surface area contributed by atoms with Crippen molar-refractivity contribution in [2.45, 2.75) is 0 Å². The largest absolute Gasteiger partial charge is 0.496 e. The molecule has 0 radical (unpaired) electrons. The number of hydrogen-bond donors (Lipinski definition) is 1. The zero-order valence-electron chi connectivity index (χ0n) is 8.03. The number of oxazole rings is 1. The molecule has 0 aliphatic heterocycles. The number of anilines is 1. The topological polar surface area (TPSA) is 61.3 Å². The van der Waals surface area contributed by atoms with Gasteiger partial charge in [-0.3, -0.25) is 0 Å². The van der Waals surface area contributed by atoms with Crippen LogP contribution in [0.2, 0.25) is 0 Å². The summed E-state index contributed by atoms with van der Waals surface area (Å²) >= 11 is 3.36. The Bertz CT molecular complexity index is 482. The minimum Gasteiger partial charge on any atom is -0.496 e. The number of hydrogen-bond acceptors (Lipinski definition) is 4. The number of halogens is 1. The summed E-state index contributed by atoms with van der Waals surface area (Å²) in [5.74, 6) is 1.30. The average molecular weight is 269 g/mol. The van der Waals surface area contributed by atoms with E-state index < -0.39 is 0 Å². The van der Waals surface area contributed by atoms with Crippen molar-refractivity contribution >= 4 is 21.9 Å². The fourth-order valence-corrected chi connectivity index (χ4v) is 1.62. The number of aromatic nitrogens is 1.